The van der Waals surface area contributed by atoms with Crippen LogP contribution in [0.2, 0.25) is 0 Å². The van der Waals surface area contributed by atoms with Gasteiger partial charge >= 0.3 is 5.69 Å². The quantitative estimate of drug-likeness (QED) is 0.685. The first-order valence-corrected chi connectivity index (χ1v) is 6.99. The van der Waals surface area contributed by atoms with Gasteiger partial charge in [-0.2, -0.15) is 0 Å². The number of aryl methyl sites for hydroxylation is 2. The number of aromatic nitrogens is 4. The van der Waals surface area contributed by atoms with E-state index in [1.807, 2.05) is 12.3 Å². The van der Waals surface area contributed by atoms with E-state index in [0.29, 0.717) is 0 Å². The number of H-pyrrole nitrogens is 1. The predicted molar refractivity (Wildman–Crippen MR) is 82.2 cm³/mol. The number of hydrogen-bond donors (Lipinski definition) is 2. The summed E-state index contributed by atoms with van der Waals surface area (Å²) in [5.41, 5.74) is 4.24. The van der Waals surface area contributed by atoms with Crippen molar-refractivity contribution in [3.8, 4) is 0 Å². The molecule has 0 aliphatic heterocycles. The van der Waals surface area contributed by atoms with Crippen LogP contribution >= 0.6 is 0 Å². The summed E-state index contributed by atoms with van der Waals surface area (Å²) in [6.07, 6.45) is 4.46. The van der Waals surface area contributed by atoms with E-state index in [2.05, 4.69) is 27.4 Å². The maximum atomic E-state index is 11.9. The zero-order chi connectivity index (χ0) is 14.8. The standard InChI is InChI=1S/C15H19N5O/c1-19-13-4-3-11(7-14(13)20(2)15(19)21)8-16-6-5-12-9-17-10-18-12/h3-4,7,9-10,16H,5-6,8H2,1-2H3,(H,17,18). The molecule has 0 saturated carbocycles. The Morgan fingerprint density at radius 3 is 2.81 bits per heavy atom. The molecule has 0 aliphatic carbocycles. The first-order chi connectivity index (χ1) is 10.2. The van der Waals surface area contributed by atoms with Crippen LogP contribution in [0.1, 0.15) is 11.3 Å². The molecule has 3 aromatic rings. The largest absolute Gasteiger partial charge is 0.348 e. The van der Waals surface area contributed by atoms with Gasteiger partial charge in [-0.3, -0.25) is 9.13 Å². The second-order valence-electron chi connectivity index (χ2n) is 5.23. The molecule has 2 N–H and O–H groups in total. The Morgan fingerprint density at radius 1 is 1.24 bits per heavy atom. The van der Waals surface area contributed by atoms with E-state index < -0.39 is 0 Å². The third kappa shape index (κ3) is 2.62. The molecule has 2 aromatic heterocycles. The average molecular weight is 285 g/mol. The Hall–Kier alpha value is -2.34. The fourth-order valence-corrected chi connectivity index (χ4v) is 2.54. The molecule has 0 radical (unpaired) electrons. The van der Waals surface area contributed by atoms with Gasteiger partial charge in [0.25, 0.3) is 0 Å². The van der Waals surface area contributed by atoms with E-state index in [1.165, 1.54) is 5.56 Å². The molecule has 1 aromatic carbocycles. The van der Waals surface area contributed by atoms with Crippen molar-refractivity contribution in [3.63, 3.8) is 0 Å². The second-order valence-corrected chi connectivity index (χ2v) is 5.23. The van der Waals surface area contributed by atoms with Crippen LogP contribution in [-0.2, 0) is 27.1 Å². The van der Waals surface area contributed by atoms with Crippen LogP contribution in [-0.4, -0.2) is 25.6 Å². The lowest BCUT2D eigenvalue weighted by Gasteiger charge is -2.05. The number of nitrogens with one attached hydrogen (secondary N) is 2. The first kappa shape index (κ1) is 13.6. The summed E-state index contributed by atoms with van der Waals surface area (Å²) in [5.74, 6) is 0. The van der Waals surface area contributed by atoms with E-state index in [4.69, 9.17) is 0 Å². The summed E-state index contributed by atoms with van der Waals surface area (Å²) in [6, 6.07) is 6.13. The zero-order valence-electron chi connectivity index (χ0n) is 12.3. The topological polar surface area (TPSA) is 67.6 Å². The molecule has 0 fully saturated rings. The van der Waals surface area contributed by atoms with Gasteiger partial charge in [-0.25, -0.2) is 9.78 Å². The molecule has 0 aliphatic rings. The van der Waals surface area contributed by atoms with Crippen molar-refractivity contribution in [2.75, 3.05) is 6.54 Å². The number of hydrogen-bond acceptors (Lipinski definition) is 3. The first-order valence-electron chi connectivity index (χ1n) is 6.99. The van der Waals surface area contributed by atoms with Gasteiger partial charge in [0.15, 0.2) is 0 Å². The van der Waals surface area contributed by atoms with Crippen molar-refractivity contribution >= 4 is 11.0 Å². The third-order valence-electron chi connectivity index (χ3n) is 3.79. The highest BCUT2D eigenvalue weighted by atomic mass is 16.1. The minimum Gasteiger partial charge on any atom is -0.348 e. The van der Waals surface area contributed by atoms with Gasteiger partial charge in [0.2, 0.25) is 0 Å². The Morgan fingerprint density at radius 2 is 2.05 bits per heavy atom. The van der Waals surface area contributed by atoms with Gasteiger partial charge in [-0.15, -0.1) is 0 Å². The van der Waals surface area contributed by atoms with Crippen molar-refractivity contribution in [1.82, 2.24) is 24.4 Å². The third-order valence-corrected chi connectivity index (χ3v) is 3.79. The summed E-state index contributed by atoms with van der Waals surface area (Å²) in [6.45, 7) is 1.67. The Labute approximate surface area is 122 Å². The molecule has 0 bridgehead atoms. The van der Waals surface area contributed by atoms with Crippen molar-refractivity contribution in [2.45, 2.75) is 13.0 Å². The normalized spacial score (nSPS) is 11.3. The van der Waals surface area contributed by atoms with E-state index in [1.54, 1.807) is 29.6 Å². The maximum Gasteiger partial charge on any atom is 0.328 e. The van der Waals surface area contributed by atoms with Crippen LogP contribution in [0.25, 0.3) is 11.0 Å². The van der Waals surface area contributed by atoms with Crippen LogP contribution in [0.4, 0.5) is 0 Å². The SMILES string of the molecule is Cn1c(=O)n(C)c2cc(CNCCc3cnc[nH]3)ccc21. The molecule has 0 saturated heterocycles. The summed E-state index contributed by atoms with van der Waals surface area (Å²) in [5, 5.41) is 3.40. The number of nitrogens with zero attached hydrogens (tertiary/aromatic N) is 3. The Balaban J connectivity index is 1.67. The molecular formula is C15H19N5O. The van der Waals surface area contributed by atoms with E-state index >= 15 is 0 Å². The van der Waals surface area contributed by atoms with Crippen LogP contribution in [0.15, 0.2) is 35.5 Å². The maximum absolute atomic E-state index is 11.9. The van der Waals surface area contributed by atoms with Crippen LogP contribution < -0.4 is 11.0 Å². The molecule has 0 atom stereocenters. The fourth-order valence-electron chi connectivity index (χ4n) is 2.54. The van der Waals surface area contributed by atoms with Gasteiger partial charge < -0.3 is 10.3 Å². The van der Waals surface area contributed by atoms with Gasteiger partial charge in [-0.1, -0.05) is 6.07 Å². The van der Waals surface area contributed by atoms with Crippen molar-refractivity contribution in [3.05, 3.63) is 52.5 Å². The molecule has 0 spiro atoms. The molecule has 2 heterocycles. The van der Waals surface area contributed by atoms with Gasteiger partial charge in [0, 0.05) is 45.5 Å². The Bertz CT molecular complexity index is 797. The highest BCUT2D eigenvalue weighted by Crippen LogP contribution is 2.13. The predicted octanol–water partition coefficient (Wildman–Crippen LogP) is 0.932. The average Bonchev–Trinajstić information content (AvgIpc) is 3.08. The molecule has 0 unspecified atom stereocenters. The fraction of sp³-hybridized carbons (Fsp3) is 0.333. The van der Waals surface area contributed by atoms with Gasteiger partial charge in [-0.05, 0) is 17.7 Å². The molecule has 0 amide bonds. The minimum atomic E-state index is 0.00866. The lowest BCUT2D eigenvalue weighted by atomic mass is 10.2. The van der Waals surface area contributed by atoms with Crippen LogP contribution in [0.5, 0.6) is 0 Å². The molecular weight excluding hydrogens is 266 g/mol. The number of fused-ring (bicyclic) bond motifs is 1. The lowest BCUT2D eigenvalue weighted by molar-refractivity contribution is 0.681. The van der Waals surface area contributed by atoms with Crippen molar-refractivity contribution < 1.29 is 0 Å². The summed E-state index contributed by atoms with van der Waals surface area (Å²) < 4.78 is 3.36. The monoisotopic (exact) mass is 285 g/mol. The smallest absolute Gasteiger partial charge is 0.328 e. The van der Waals surface area contributed by atoms with Gasteiger partial charge in [0.05, 0.1) is 17.4 Å². The summed E-state index contributed by atoms with van der Waals surface area (Å²) in [4.78, 5) is 19.0. The summed E-state index contributed by atoms with van der Waals surface area (Å²) >= 11 is 0. The number of imidazole rings is 2. The molecule has 6 nitrogen and oxygen atoms in total. The van der Waals surface area contributed by atoms with Crippen LogP contribution in [0, 0.1) is 0 Å². The molecule has 110 valence electrons. The highest BCUT2D eigenvalue weighted by Gasteiger charge is 2.07. The van der Waals surface area contributed by atoms with E-state index in [-0.39, 0.29) is 5.69 Å². The zero-order valence-corrected chi connectivity index (χ0v) is 12.3. The molecule has 3 rings (SSSR count). The molecule has 6 heteroatoms. The van der Waals surface area contributed by atoms with Gasteiger partial charge in [0.1, 0.15) is 0 Å². The Kier molecular flexibility index (Phi) is 3.62. The second kappa shape index (κ2) is 5.57. The van der Waals surface area contributed by atoms with E-state index in [0.717, 1.165) is 36.2 Å². The van der Waals surface area contributed by atoms with Crippen molar-refractivity contribution in [1.29, 1.82) is 0 Å². The van der Waals surface area contributed by atoms with Crippen LogP contribution in [0.3, 0.4) is 0 Å². The lowest BCUT2D eigenvalue weighted by Crippen LogP contribution is -2.19. The number of aromatic amines is 1. The van der Waals surface area contributed by atoms with E-state index in [9.17, 15) is 4.79 Å². The summed E-state index contributed by atoms with van der Waals surface area (Å²) in [7, 11) is 3.60. The molecule has 21 heavy (non-hydrogen) atoms. The number of rotatable bonds is 5. The minimum absolute atomic E-state index is 0.00866. The highest BCUT2D eigenvalue weighted by molar-refractivity contribution is 5.76. The van der Waals surface area contributed by atoms with Crippen molar-refractivity contribution in [2.24, 2.45) is 14.1 Å². The number of benzene rings is 1.